The molecule has 0 bridgehead atoms. The van der Waals surface area contributed by atoms with Crippen LogP contribution in [-0.4, -0.2) is 49.3 Å². The fraction of sp³-hybridized carbons (Fsp3) is 0.273. The molecule has 0 aromatic carbocycles. The van der Waals surface area contributed by atoms with Crippen LogP contribution in [0.1, 0.15) is 19.5 Å². The predicted molar refractivity (Wildman–Crippen MR) is 119 cm³/mol. The molecule has 4 heterocycles. The number of hydrogen-bond donors (Lipinski definition) is 0. The van der Waals surface area contributed by atoms with Gasteiger partial charge in [-0.1, -0.05) is 0 Å². The molecule has 0 unspecified atom stereocenters. The second-order valence-electron chi connectivity index (χ2n) is 6.95. The number of carbonyl (C=O) groups excluding carboxylic acids is 2. The third-order valence-corrected chi connectivity index (χ3v) is 7.18. The lowest BCUT2D eigenvalue weighted by Crippen LogP contribution is -2.31. The zero-order chi connectivity index (χ0) is 22.8. The highest BCUT2D eigenvalue weighted by Crippen LogP contribution is 2.48. The molecule has 8 nitrogen and oxygen atoms in total. The van der Waals surface area contributed by atoms with Crippen LogP contribution in [0.5, 0.6) is 0 Å². The van der Waals surface area contributed by atoms with Crippen molar-refractivity contribution in [1.82, 2.24) is 9.80 Å². The van der Waals surface area contributed by atoms with Crippen molar-refractivity contribution in [3.63, 3.8) is 0 Å². The van der Waals surface area contributed by atoms with E-state index in [1.807, 2.05) is 24.3 Å². The average Bonchev–Trinajstić information content (AvgIpc) is 3.52. The van der Waals surface area contributed by atoms with Crippen LogP contribution in [0.3, 0.4) is 0 Å². The minimum absolute atomic E-state index is 0.0123. The summed E-state index contributed by atoms with van der Waals surface area (Å²) in [4.78, 5) is 33.1. The van der Waals surface area contributed by atoms with Crippen molar-refractivity contribution in [3.8, 4) is 12.1 Å². The number of thiophene rings is 2. The van der Waals surface area contributed by atoms with Crippen molar-refractivity contribution in [2.75, 3.05) is 27.7 Å². The van der Waals surface area contributed by atoms with Crippen molar-refractivity contribution in [2.45, 2.75) is 12.8 Å². The van der Waals surface area contributed by atoms with E-state index in [0.717, 1.165) is 9.75 Å². The minimum atomic E-state index is -0.329. The van der Waals surface area contributed by atoms with Crippen LogP contribution in [0.4, 0.5) is 0 Å². The van der Waals surface area contributed by atoms with Gasteiger partial charge in [0.15, 0.2) is 0 Å². The summed E-state index contributed by atoms with van der Waals surface area (Å²) < 4.78 is 10.5. The van der Waals surface area contributed by atoms with Crippen molar-refractivity contribution in [2.24, 2.45) is 0 Å². The van der Waals surface area contributed by atoms with Crippen LogP contribution >= 0.6 is 22.7 Å². The molecule has 2 amide bonds. The SMILES string of the molecule is COCN1C(=O)C2=C(c3ccc(CC#N)s3)N(COC)C(=O)C2=C1c1ccc(CC#N)s1. The first-order chi connectivity index (χ1) is 15.5. The zero-order valence-electron chi connectivity index (χ0n) is 17.4. The Labute approximate surface area is 192 Å². The standard InChI is InChI=1S/C22H18N4O4S2/c1-29-11-25-19(15-5-3-13(31-15)7-9-23)17-18(21(25)27)20(26(12-30-2)22(17)28)16-6-4-14(32-16)8-10-24/h3-6H,7-8,11-12H2,1-2H3. The first-order valence-corrected chi connectivity index (χ1v) is 11.2. The number of nitrogens with zero attached hydrogens (tertiary/aromatic N) is 4. The summed E-state index contributed by atoms with van der Waals surface area (Å²) in [6.07, 6.45) is 0.500. The molecule has 0 atom stereocenters. The van der Waals surface area contributed by atoms with Gasteiger partial charge in [0, 0.05) is 24.0 Å². The number of rotatable bonds is 8. The molecule has 0 aliphatic carbocycles. The second kappa shape index (κ2) is 9.07. The Bertz CT molecular complexity index is 1140. The van der Waals surface area contributed by atoms with Gasteiger partial charge in [0.05, 0.1) is 57.3 Å². The molecule has 32 heavy (non-hydrogen) atoms. The third-order valence-electron chi connectivity index (χ3n) is 4.99. The Morgan fingerprint density at radius 1 is 0.781 bits per heavy atom. The monoisotopic (exact) mass is 466 g/mol. The molecule has 2 aliphatic rings. The van der Waals surface area contributed by atoms with Crippen LogP contribution in [0.15, 0.2) is 35.4 Å². The van der Waals surface area contributed by atoms with E-state index in [4.69, 9.17) is 20.0 Å². The van der Waals surface area contributed by atoms with Crippen LogP contribution in [-0.2, 0) is 31.9 Å². The highest BCUT2D eigenvalue weighted by atomic mass is 32.1. The van der Waals surface area contributed by atoms with Crippen LogP contribution in [0, 0.1) is 22.7 Å². The maximum absolute atomic E-state index is 13.5. The molecule has 0 saturated carbocycles. The van der Waals surface area contributed by atoms with Crippen LogP contribution < -0.4 is 0 Å². The lowest BCUT2D eigenvalue weighted by Gasteiger charge is -2.23. The van der Waals surface area contributed by atoms with E-state index in [9.17, 15) is 9.59 Å². The van der Waals surface area contributed by atoms with E-state index in [1.165, 1.54) is 46.7 Å². The van der Waals surface area contributed by atoms with E-state index in [2.05, 4.69) is 12.1 Å². The number of methoxy groups -OCH3 is 2. The molecule has 2 aliphatic heterocycles. The Hall–Kier alpha value is -3.28. The summed E-state index contributed by atoms with van der Waals surface area (Å²) in [6, 6.07) is 11.5. The number of ether oxygens (including phenoxy) is 2. The van der Waals surface area contributed by atoms with E-state index >= 15 is 0 Å². The van der Waals surface area contributed by atoms with Crippen LogP contribution in [0.2, 0.25) is 0 Å². The van der Waals surface area contributed by atoms with Gasteiger partial charge in [0.1, 0.15) is 13.5 Å². The van der Waals surface area contributed by atoms with Gasteiger partial charge in [-0.2, -0.15) is 10.5 Å². The highest BCUT2D eigenvalue weighted by molar-refractivity contribution is 7.13. The van der Waals surface area contributed by atoms with Crippen molar-refractivity contribution in [1.29, 1.82) is 10.5 Å². The molecule has 0 saturated heterocycles. The summed E-state index contributed by atoms with van der Waals surface area (Å²) >= 11 is 2.74. The van der Waals surface area contributed by atoms with Gasteiger partial charge >= 0.3 is 0 Å². The lowest BCUT2D eigenvalue weighted by atomic mass is 10.1. The first kappa shape index (κ1) is 21.9. The van der Waals surface area contributed by atoms with E-state index in [1.54, 1.807) is 0 Å². The van der Waals surface area contributed by atoms with Gasteiger partial charge in [0.25, 0.3) is 11.8 Å². The quantitative estimate of drug-likeness (QED) is 0.592. The number of amides is 2. The summed E-state index contributed by atoms with van der Waals surface area (Å²) in [5.74, 6) is -0.659. The normalized spacial score (nSPS) is 15.6. The maximum Gasteiger partial charge on any atom is 0.263 e. The molecule has 4 rings (SSSR count). The Kier molecular flexibility index (Phi) is 6.21. The molecule has 0 spiro atoms. The van der Waals surface area contributed by atoms with Gasteiger partial charge in [-0.25, -0.2) is 0 Å². The Morgan fingerprint density at radius 2 is 1.19 bits per heavy atom. The highest BCUT2D eigenvalue weighted by Gasteiger charge is 2.49. The van der Waals surface area contributed by atoms with Gasteiger partial charge in [-0.15, -0.1) is 22.7 Å². The fourth-order valence-corrected chi connectivity index (χ4v) is 5.77. The van der Waals surface area contributed by atoms with Crippen molar-refractivity contribution >= 4 is 45.9 Å². The molecule has 2 aromatic heterocycles. The number of hydrogen-bond acceptors (Lipinski definition) is 8. The zero-order valence-corrected chi connectivity index (χ0v) is 19.0. The van der Waals surface area contributed by atoms with Crippen molar-refractivity contribution in [3.05, 3.63) is 54.9 Å². The minimum Gasteiger partial charge on any atom is -0.364 e. The fourth-order valence-electron chi connectivity index (χ4n) is 3.77. The van der Waals surface area contributed by atoms with E-state index in [0.29, 0.717) is 32.3 Å². The average molecular weight is 467 g/mol. The molecule has 0 radical (unpaired) electrons. The summed E-state index contributed by atoms with van der Waals surface area (Å²) in [7, 11) is 2.97. The molecular weight excluding hydrogens is 448 g/mol. The third kappa shape index (κ3) is 3.53. The second-order valence-corrected chi connectivity index (χ2v) is 9.29. The predicted octanol–water partition coefficient (Wildman–Crippen LogP) is 2.96. The van der Waals surface area contributed by atoms with Gasteiger partial charge in [-0.05, 0) is 24.3 Å². The Balaban J connectivity index is 1.93. The largest absolute Gasteiger partial charge is 0.364 e. The molecular formula is C22H18N4O4S2. The number of carbonyl (C=O) groups is 2. The van der Waals surface area contributed by atoms with Crippen molar-refractivity contribution < 1.29 is 19.1 Å². The van der Waals surface area contributed by atoms with Gasteiger partial charge in [-0.3, -0.25) is 19.4 Å². The first-order valence-electron chi connectivity index (χ1n) is 9.58. The molecule has 2 aromatic rings. The molecule has 0 N–H and O–H groups in total. The molecule has 10 heteroatoms. The number of fused-ring (bicyclic) bond motifs is 1. The van der Waals surface area contributed by atoms with E-state index < -0.39 is 0 Å². The summed E-state index contributed by atoms with van der Waals surface area (Å²) in [5.41, 5.74) is 1.58. The summed E-state index contributed by atoms with van der Waals surface area (Å²) in [6.45, 7) is -0.0246. The summed E-state index contributed by atoms with van der Waals surface area (Å²) in [5, 5.41) is 18.0. The number of nitriles is 2. The smallest absolute Gasteiger partial charge is 0.263 e. The topological polar surface area (TPSA) is 107 Å². The van der Waals surface area contributed by atoms with Crippen LogP contribution in [0.25, 0.3) is 11.4 Å². The lowest BCUT2D eigenvalue weighted by molar-refractivity contribution is -0.127. The van der Waals surface area contributed by atoms with Gasteiger partial charge < -0.3 is 9.47 Å². The Morgan fingerprint density at radius 3 is 1.53 bits per heavy atom. The molecule has 162 valence electrons. The molecule has 0 fully saturated rings. The van der Waals surface area contributed by atoms with E-state index in [-0.39, 0.29) is 38.1 Å². The van der Waals surface area contributed by atoms with Gasteiger partial charge in [0.2, 0.25) is 0 Å². The maximum atomic E-state index is 13.5.